The number of amides is 1. The van der Waals surface area contributed by atoms with Crippen LogP contribution in [0.1, 0.15) is 51.5 Å². The molecular formula is C18H29ClN2O. The lowest BCUT2D eigenvalue weighted by atomic mass is 9.77. The Hall–Kier alpha value is -1.06. The summed E-state index contributed by atoms with van der Waals surface area (Å²) in [7, 11) is 1.93. The van der Waals surface area contributed by atoms with E-state index in [9.17, 15) is 4.79 Å². The minimum atomic E-state index is -0.146. The van der Waals surface area contributed by atoms with Crippen molar-refractivity contribution in [1.82, 2.24) is 5.32 Å². The minimum Gasteiger partial charge on any atom is -0.326 e. The molecule has 0 atom stereocenters. The Morgan fingerprint density at radius 1 is 1.27 bits per heavy atom. The summed E-state index contributed by atoms with van der Waals surface area (Å²) in [5, 5.41) is 6.30. The number of carbonyl (C=O) groups excluding carboxylic acids is 1. The van der Waals surface area contributed by atoms with Crippen molar-refractivity contribution in [2.45, 2.75) is 52.5 Å². The van der Waals surface area contributed by atoms with Crippen molar-refractivity contribution >= 4 is 24.0 Å². The van der Waals surface area contributed by atoms with Crippen molar-refractivity contribution in [2.24, 2.45) is 11.3 Å². The predicted molar refractivity (Wildman–Crippen MR) is 95.4 cm³/mol. The van der Waals surface area contributed by atoms with Crippen LogP contribution in [0.15, 0.2) is 24.3 Å². The smallest absolute Gasteiger partial charge is 0.230 e. The highest BCUT2D eigenvalue weighted by Crippen LogP contribution is 2.44. The fraction of sp³-hybridized carbons (Fsp3) is 0.611. The third-order valence-corrected chi connectivity index (χ3v) is 4.41. The second-order valence-electron chi connectivity index (χ2n) is 6.77. The molecule has 22 heavy (non-hydrogen) atoms. The van der Waals surface area contributed by atoms with E-state index in [2.05, 4.69) is 36.6 Å². The normalized spacial score (nSPS) is 16.4. The first-order valence-corrected chi connectivity index (χ1v) is 8.11. The third-order valence-electron chi connectivity index (χ3n) is 4.41. The van der Waals surface area contributed by atoms with E-state index in [4.69, 9.17) is 0 Å². The van der Waals surface area contributed by atoms with Crippen molar-refractivity contribution in [3.8, 4) is 0 Å². The van der Waals surface area contributed by atoms with Crippen LogP contribution in [-0.4, -0.2) is 13.0 Å². The highest BCUT2D eigenvalue weighted by Gasteiger charge is 2.41. The third kappa shape index (κ3) is 4.72. The Kier molecular flexibility index (Phi) is 7.37. The first-order valence-electron chi connectivity index (χ1n) is 8.11. The Morgan fingerprint density at radius 2 is 1.95 bits per heavy atom. The van der Waals surface area contributed by atoms with Gasteiger partial charge in [-0.3, -0.25) is 4.79 Å². The van der Waals surface area contributed by atoms with Gasteiger partial charge in [-0.15, -0.1) is 12.4 Å². The second kappa shape index (κ2) is 8.54. The van der Waals surface area contributed by atoms with Gasteiger partial charge in [0.25, 0.3) is 0 Å². The fourth-order valence-corrected chi connectivity index (χ4v) is 3.58. The maximum atomic E-state index is 12.8. The summed E-state index contributed by atoms with van der Waals surface area (Å²) in [6.45, 7) is 5.24. The van der Waals surface area contributed by atoms with Gasteiger partial charge < -0.3 is 10.6 Å². The number of halogens is 1. The average Bonchev–Trinajstić information content (AvgIpc) is 2.88. The number of hydrogen-bond acceptors (Lipinski definition) is 2. The molecule has 1 aliphatic rings. The summed E-state index contributed by atoms with van der Waals surface area (Å²) in [6, 6.07) is 8.12. The zero-order chi connectivity index (χ0) is 15.3. The van der Waals surface area contributed by atoms with E-state index in [1.165, 1.54) is 18.4 Å². The molecular weight excluding hydrogens is 296 g/mol. The van der Waals surface area contributed by atoms with Crippen molar-refractivity contribution in [3.05, 3.63) is 29.8 Å². The Bertz CT molecular complexity index is 482. The van der Waals surface area contributed by atoms with Crippen LogP contribution in [0.3, 0.4) is 0 Å². The van der Waals surface area contributed by atoms with Gasteiger partial charge in [-0.25, -0.2) is 0 Å². The lowest BCUT2D eigenvalue weighted by molar-refractivity contribution is -0.126. The highest BCUT2D eigenvalue weighted by molar-refractivity contribution is 5.95. The molecule has 0 aromatic heterocycles. The molecule has 1 saturated carbocycles. The molecule has 4 heteroatoms. The van der Waals surface area contributed by atoms with Crippen LogP contribution < -0.4 is 10.6 Å². The summed E-state index contributed by atoms with van der Waals surface area (Å²) >= 11 is 0. The van der Waals surface area contributed by atoms with Crippen molar-refractivity contribution in [2.75, 3.05) is 12.4 Å². The minimum absolute atomic E-state index is 0. The molecule has 2 rings (SSSR count). The van der Waals surface area contributed by atoms with Gasteiger partial charge in [-0.1, -0.05) is 38.8 Å². The van der Waals surface area contributed by atoms with Crippen LogP contribution in [0, 0.1) is 11.3 Å². The molecule has 3 nitrogen and oxygen atoms in total. The van der Waals surface area contributed by atoms with Crippen molar-refractivity contribution < 1.29 is 4.79 Å². The maximum absolute atomic E-state index is 12.8. The fourth-order valence-electron chi connectivity index (χ4n) is 3.58. The SMILES string of the molecule is CNCc1cccc(NC(=O)C2(CC(C)C)CCCC2)c1.Cl. The number of carbonyl (C=O) groups is 1. The molecule has 0 unspecified atom stereocenters. The first-order chi connectivity index (χ1) is 10.1. The number of benzene rings is 1. The largest absolute Gasteiger partial charge is 0.326 e. The molecule has 0 bridgehead atoms. The Morgan fingerprint density at radius 3 is 2.55 bits per heavy atom. The van der Waals surface area contributed by atoms with E-state index >= 15 is 0 Å². The van der Waals surface area contributed by atoms with E-state index in [0.29, 0.717) is 5.92 Å². The van der Waals surface area contributed by atoms with Gasteiger partial charge in [-0.05, 0) is 49.9 Å². The van der Waals surface area contributed by atoms with Crippen LogP contribution in [0.4, 0.5) is 5.69 Å². The van der Waals surface area contributed by atoms with Crippen molar-refractivity contribution in [1.29, 1.82) is 0 Å². The zero-order valence-corrected chi connectivity index (χ0v) is 14.8. The van der Waals surface area contributed by atoms with E-state index in [1.807, 2.05) is 19.2 Å². The van der Waals surface area contributed by atoms with Gasteiger partial charge in [0.1, 0.15) is 0 Å². The predicted octanol–water partition coefficient (Wildman–Crippen LogP) is 4.37. The lowest BCUT2D eigenvalue weighted by Gasteiger charge is -2.29. The lowest BCUT2D eigenvalue weighted by Crippen LogP contribution is -2.35. The number of rotatable bonds is 6. The van der Waals surface area contributed by atoms with Crippen LogP contribution in [-0.2, 0) is 11.3 Å². The molecule has 1 aromatic rings. The highest BCUT2D eigenvalue weighted by atomic mass is 35.5. The van der Waals surface area contributed by atoms with E-state index in [0.717, 1.165) is 31.5 Å². The van der Waals surface area contributed by atoms with E-state index in [1.54, 1.807) is 0 Å². The van der Waals surface area contributed by atoms with E-state index < -0.39 is 0 Å². The van der Waals surface area contributed by atoms with Crippen LogP contribution >= 0.6 is 12.4 Å². The molecule has 0 aliphatic heterocycles. The monoisotopic (exact) mass is 324 g/mol. The van der Waals surface area contributed by atoms with Gasteiger partial charge in [0, 0.05) is 17.6 Å². The first kappa shape index (κ1) is 19.0. The van der Waals surface area contributed by atoms with Gasteiger partial charge in [0.2, 0.25) is 5.91 Å². The number of hydrogen-bond donors (Lipinski definition) is 2. The summed E-state index contributed by atoms with van der Waals surface area (Å²) in [6.07, 6.45) is 5.43. The van der Waals surface area contributed by atoms with Crippen molar-refractivity contribution in [3.63, 3.8) is 0 Å². The molecule has 0 spiro atoms. The molecule has 0 radical (unpaired) electrons. The van der Waals surface area contributed by atoms with Gasteiger partial charge >= 0.3 is 0 Å². The van der Waals surface area contributed by atoms with E-state index in [-0.39, 0.29) is 23.7 Å². The molecule has 1 aliphatic carbocycles. The maximum Gasteiger partial charge on any atom is 0.230 e. The molecule has 2 N–H and O–H groups in total. The number of nitrogens with one attached hydrogen (secondary N) is 2. The van der Waals surface area contributed by atoms with Gasteiger partial charge in [0.15, 0.2) is 0 Å². The second-order valence-corrected chi connectivity index (χ2v) is 6.77. The molecule has 1 aromatic carbocycles. The Balaban J connectivity index is 0.00000242. The summed E-state index contributed by atoms with van der Waals surface area (Å²) < 4.78 is 0. The molecule has 124 valence electrons. The Labute approximate surface area is 140 Å². The van der Waals surface area contributed by atoms with Crippen LogP contribution in [0.5, 0.6) is 0 Å². The zero-order valence-electron chi connectivity index (χ0n) is 13.9. The summed E-state index contributed by atoms with van der Waals surface area (Å²) in [4.78, 5) is 12.8. The molecule has 1 fully saturated rings. The summed E-state index contributed by atoms with van der Waals surface area (Å²) in [5.41, 5.74) is 1.97. The molecule has 1 amide bonds. The standard InChI is InChI=1S/C18H28N2O.ClH/c1-14(2)12-18(9-4-5-10-18)17(21)20-16-8-6-7-15(11-16)13-19-3;/h6-8,11,14,19H,4-5,9-10,12-13H2,1-3H3,(H,20,21);1H. The van der Waals surface area contributed by atoms with Gasteiger partial charge in [-0.2, -0.15) is 0 Å². The average molecular weight is 325 g/mol. The van der Waals surface area contributed by atoms with Crippen LogP contribution in [0.25, 0.3) is 0 Å². The summed E-state index contributed by atoms with van der Waals surface area (Å²) in [5.74, 6) is 0.778. The molecule has 0 saturated heterocycles. The van der Waals surface area contributed by atoms with Crippen LogP contribution in [0.2, 0.25) is 0 Å². The topological polar surface area (TPSA) is 41.1 Å². The molecule has 0 heterocycles. The quantitative estimate of drug-likeness (QED) is 0.815. The number of anilines is 1. The van der Waals surface area contributed by atoms with Gasteiger partial charge in [0.05, 0.1) is 0 Å².